The van der Waals surface area contributed by atoms with Gasteiger partial charge in [-0.2, -0.15) is 0 Å². The summed E-state index contributed by atoms with van der Waals surface area (Å²) in [6.07, 6.45) is 13.0. The molecule has 0 saturated heterocycles. The van der Waals surface area contributed by atoms with Crippen LogP contribution >= 0.6 is 0 Å². The number of hydrogen-bond donors (Lipinski definition) is 0. The highest BCUT2D eigenvalue weighted by atomic mass is 14.0. The minimum Gasteiger partial charge on any atom is -0.120 e. The third-order valence-corrected chi connectivity index (χ3v) is 2.00. The zero-order valence-electron chi connectivity index (χ0n) is 7.47. The van der Waals surface area contributed by atoms with Gasteiger partial charge in [0.1, 0.15) is 0 Å². The van der Waals surface area contributed by atoms with Gasteiger partial charge in [0.05, 0.1) is 0 Å². The summed E-state index contributed by atoms with van der Waals surface area (Å²) in [7, 11) is 0. The third kappa shape index (κ3) is 5.73. The van der Waals surface area contributed by atoms with E-state index in [0.29, 0.717) is 5.92 Å². The van der Waals surface area contributed by atoms with E-state index in [2.05, 4.69) is 25.5 Å². The number of rotatable bonds is 6. The highest BCUT2D eigenvalue weighted by Crippen LogP contribution is 2.13. The standard InChI is InChI=1S/C11H18/c1-4-7-8-9-10-11(5-2)6-3/h1,5,11H,2,6-10H2,3H3. The summed E-state index contributed by atoms with van der Waals surface area (Å²) in [6.45, 7) is 5.99. The van der Waals surface area contributed by atoms with Gasteiger partial charge in [0.15, 0.2) is 0 Å². The molecular weight excluding hydrogens is 132 g/mol. The van der Waals surface area contributed by atoms with Crippen LogP contribution in [0.4, 0.5) is 0 Å². The van der Waals surface area contributed by atoms with E-state index < -0.39 is 0 Å². The second-order valence-electron chi connectivity index (χ2n) is 2.85. The van der Waals surface area contributed by atoms with E-state index in [0.717, 1.165) is 6.42 Å². The van der Waals surface area contributed by atoms with Crippen LogP contribution in [0.1, 0.15) is 39.0 Å². The SMILES string of the molecule is C#CCCCCC(C=C)CC. The molecule has 62 valence electrons. The van der Waals surface area contributed by atoms with Gasteiger partial charge in [0.25, 0.3) is 0 Å². The molecule has 0 bridgehead atoms. The zero-order valence-corrected chi connectivity index (χ0v) is 7.47. The van der Waals surface area contributed by atoms with E-state index in [1.165, 1.54) is 25.7 Å². The molecule has 1 unspecified atom stereocenters. The first-order chi connectivity index (χ1) is 5.35. The summed E-state index contributed by atoms with van der Waals surface area (Å²) < 4.78 is 0. The van der Waals surface area contributed by atoms with Gasteiger partial charge in [0.2, 0.25) is 0 Å². The number of allylic oxidation sites excluding steroid dienone is 1. The zero-order chi connectivity index (χ0) is 8.53. The average molecular weight is 150 g/mol. The summed E-state index contributed by atoms with van der Waals surface area (Å²) in [5.74, 6) is 3.35. The Balaban J connectivity index is 3.22. The van der Waals surface area contributed by atoms with Gasteiger partial charge in [0, 0.05) is 6.42 Å². The predicted octanol–water partition coefficient (Wildman–Crippen LogP) is 3.39. The lowest BCUT2D eigenvalue weighted by molar-refractivity contribution is 0.534. The molecular formula is C11H18. The molecule has 0 heteroatoms. The van der Waals surface area contributed by atoms with E-state index in [1.54, 1.807) is 0 Å². The molecule has 0 amide bonds. The quantitative estimate of drug-likeness (QED) is 0.309. The highest BCUT2D eigenvalue weighted by molar-refractivity contribution is 4.83. The molecule has 0 aromatic rings. The second-order valence-corrected chi connectivity index (χ2v) is 2.85. The minimum atomic E-state index is 0.702. The molecule has 0 aliphatic carbocycles. The largest absolute Gasteiger partial charge is 0.120 e. The fourth-order valence-electron chi connectivity index (χ4n) is 1.12. The Morgan fingerprint density at radius 3 is 2.73 bits per heavy atom. The molecule has 0 aromatic carbocycles. The lowest BCUT2D eigenvalue weighted by Gasteiger charge is -2.07. The van der Waals surface area contributed by atoms with Crippen molar-refractivity contribution in [1.29, 1.82) is 0 Å². The van der Waals surface area contributed by atoms with Crippen molar-refractivity contribution in [2.24, 2.45) is 5.92 Å². The first-order valence-corrected chi connectivity index (χ1v) is 4.41. The summed E-state index contributed by atoms with van der Waals surface area (Å²) >= 11 is 0. The van der Waals surface area contributed by atoms with Crippen molar-refractivity contribution in [3.63, 3.8) is 0 Å². The molecule has 0 aliphatic rings. The Morgan fingerprint density at radius 1 is 1.55 bits per heavy atom. The number of terminal acetylenes is 1. The van der Waals surface area contributed by atoms with E-state index in [-0.39, 0.29) is 0 Å². The van der Waals surface area contributed by atoms with Crippen LogP contribution in [-0.4, -0.2) is 0 Å². The molecule has 0 fully saturated rings. The maximum Gasteiger partial charge on any atom is 0.00860 e. The Labute approximate surface area is 70.7 Å². The first-order valence-electron chi connectivity index (χ1n) is 4.41. The summed E-state index contributed by atoms with van der Waals surface area (Å²) in [4.78, 5) is 0. The first kappa shape index (κ1) is 10.3. The second kappa shape index (κ2) is 7.41. The Morgan fingerprint density at radius 2 is 2.27 bits per heavy atom. The van der Waals surface area contributed by atoms with Crippen LogP contribution in [-0.2, 0) is 0 Å². The molecule has 0 heterocycles. The average Bonchev–Trinajstić information content (AvgIpc) is 2.05. The lowest BCUT2D eigenvalue weighted by Crippen LogP contribution is -1.92. The third-order valence-electron chi connectivity index (χ3n) is 2.00. The monoisotopic (exact) mass is 150 g/mol. The van der Waals surface area contributed by atoms with Gasteiger partial charge in [-0.1, -0.05) is 19.4 Å². The van der Waals surface area contributed by atoms with Gasteiger partial charge in [-0.05, 0) is 25.2 Å². The van der Waals surface area contributed by atoms with Crippen LogP contribution < -0.4 is 0 Å². The predicted molar refractivity (Wildman–Crippen MR) is 51.3 cm³/mol. The molecule has 0 spiro atoms. The highest BCUT2D eigenvalue weighted by Gasteiger charge is 1.98. The Bertz CT molecular complexity index is 127. The molecule has 0 saturated carbocycles. The summed E-state index contributed by atoms with van der Waals surface area (Å²) in [5.41, 5.74) is 0. The molecule has 0 N–H and O–H groups in total. The Hall–Kier alpha value is -0.700. The van der Waals surface area contributed by atoms with Crippen molar-refractivity contribution in [1.82, 2.24) is 0 Å². The van der Waals surface area contributed by atoms with Gasteiger partial charge in [-0.15, -0.1) is 18.9 Å². The fraction of sp³-hybridized carbons (Fsp3) is 0.636. The molecule has 0 aromatic heterocycles. The molecule has 0 radical (unpaired) electrons. The van der Waals surface area contributed by atoms with Crippen molar-refractivity contribution >= 4 is 0 Å². The van der Waals surface area contributed by atoms with Crippen molar-refractivity contribution in [3.05, 3.63) is 12.7 Å². The normalized spacial score (nSPS) is 12.0. The Kier molecular flexibility index (Phi) is 6.94. The maximum atomic E-state index is 5.14. The molecule has 1 atom stereocenters. The fourth-order valence-corrected chi connectivity index (χ4v) is 1.12. The number of unbranched alkanes of at least 4 members (excludes halogenated alkanes) is 2. The van der Waals surface area contributed by atoms with E-state index in [4.69, 9.17) is 6.42 Å². The number of hydrogen-bond acceptors (Lipinski definition) is 0. The molecule has 0 nitrogen and oxygen atoms in total. The molecule has 0 aliphatic heterocycles. The minimum absolute atomic E-state index is 0.702. The van der Waals surface area contributed by atoms with Gasteiger partial charge < -0.3 is 0 Å². The van der Waals surface area contributed by atoms with E-state index >= 15 is 0 Å². The smallest absolute Gasteiger partial charge is 0.00860 e. The van der Waals surface area contributed by atoms with Crippen LogP contribution in [0.3, 0.4) is 0 Å². The van der Waals surface area contributed by atoms with Crippen LogP contribution in [0.15, 0.2) is 12.7 Å². The molecule has 0 rings (SSSR count). The van der Waals surface area contributed by atoms with Gasteiger partial charge in [-0.25, -0.2) is 0 Å². The van der Waals surface area contributed by atoms with E-state index in [1.807, 2.05) is 0 Å². The van der Waals surface area contributed by atoms with Gasteiger partial charge in [-0.3, -0.25) is 0 Å². The van der Waals surface area contributed by atoms with E-state index in [9.17, 15) is 0 Å². The summed E-state index contributed by atoms with van der Waals surface area (Å²) in [6, 6.07) is 0. The van der Waals surface area contributed by atoms with Crippen LogP contribution in [0.5, 0.6) is 0 Å². The van der Waals surface area contributed by atoms with Crippen molar-refractivity contribution in [2.75, 3.05) is 0 Å². The molecule has 11 heavy (non-hydrogen) atoms. The van der Waals surface area contributed by atoms with Crippen molar-refractivity contribution in [2.45, 2.75) is 39.0 Å². The van der Waals surface area contributed by atoms with Crippen molar-refractivity contribution in [3.8, 4) is 12.3 Å². The summed E-state index contributed by atoms with van der Waals surface area (Å²) in [5, 5.41) is 0. The van der Waals surface area contributed by atoms with Crippen LogP contribution in [0, 0.1) is 18.3 Å². The maximum absolute atomic E-state index is 5.14. The van der Waals surface area contributed by atoms with Gasteiger partial charge >= 0.3 is 0 Å². The van der Waals surface area contributed by atoms with Crippen LogP contribution in [0.25, 0.3) is 0 Å². The van der Waals surface area contributed by atoms with Crippen LogP contribution in [0.2, 0.25) is 0 Å². The van der Waals surface area contributed by atoms with Crippen molar-refractivity contribution < 1.29 is 0 Å². The lowest BCUT2D eigenvalue weighted by atomic mass is 9.99. The topological polar surface area (TPSA) is 0 Å².